The topological polar surface area (TPSA) is 86.1 Å². The number of benzene rings is 1. The van der Waals surface area contributed by atoms with Gasteiger partial charge in [0.1, 0.15) is 12.0 Å². The van der Waals surface area contributed by atoms with Crippen LogP contribution in [0.4, 0.5) is 8.78 Å². The summed E-state index contributed by atoms with van der Waals surface area (Å²) in [5, 5.41) is 0. The fraction of sp³-hybridized carbons (Fsp3) is 0.0769. The maximum absolute atomic E-state index is 13.3. The lowest BCUT2D eigenvalue weighted by Gasteiger charge is -2.01. The molecule has 0 aliphatic carbocycles. The van der Waals surface area contributed by atoms with Crippen molar-refractivity contribution in [1.82, 2.24) is 15.0 Å². The van der Waals surface area contributed by atoms with Crippen molar-refractivity contribution in [3.63, 3.8) is 0 Å². The van der Waals surface area contributed by atoms with Gasteiger partial charge < -0.3 is 8.98 Å². The summed E-state index contributed by atoms with van der Waals surface area (Å²) in [6.07, 6.45) is 2.70. The summed E-state index contributed by atoms with van der Waals surface area (Å²) in [5.74, 6) is 3.10. The van der Waals surface area contributed by atoms with Gasteiger partial charge in [0.25, 0.3) is 5.91 Å². The highest BCUT2D eigenvalue weighted by Crippen LogP contribution is 2.19. The number of hydrogen-bond donors (Lipinski definition) is 2. The van der Waals surface area contributed by atoms with Crippen molar-refractivity contribution >= 4 is 16.9 Å². The number of furan rings is 1. The lowest BCUT2D eigenvalue weighted by molar-refractivity contribution is 0.0953. The summed E-state index contributed by atoms with van der Waals surface area (Å²) in [5.41, 5.74) is 3.02. The molecule has 0 spiro atoms. The molecule has 21 heavy (non-hydrogen) atoms. The van der Waals surface area contributed by atoms with Gasteiger partial charge in [0.05, 0.1) is 29.5 Å². The van der Waals surface area contributed by atoms with Gasteiger partial charge in [-0.1, -0.05) is 0 Å². The van der Waals surface area contributed by atoms with E-state index in [2.05, 4.69) is 4.98 Å². The molecule has 0 bridgehead atoms. The van der Waals surface area contributed by atoms with Crippen LogP contribution in [0.3, 0.4) is 0 Å². The predicted molar refractivity (Wildman–Crippen MR) is 69.1 cm³/mol. The van der Waals surface area contributed by atoms with Crippen molar-refractivity contribution < 1.29 is 18.0 Å². The number of amides is 1. The highest BCUT2D eigenvalue weighted by molar-refractivity contribution is 5.93. The average Bonchev–Trinajstić information content (AvgIpc) is 3.08. The molecule has 0 unspecified atom stereocenters. The van der Waals surface area contributed by atoms with Crippen molar-refractivity contribution in [2.45, 2.75) is 6.54 Å². The van der Waals surface area contributed by atoms with E-state index in [9.17, 15) is 13.6 Å². The first-order valence-electron chi connectivity index (χ1n) is 5.96. The van der Waals surface area contributed by atoms with E-state index < -0.39 is 17.5 Å². The first kappa shape index (κ1) is 13.3. The third-order valence-electron chi connectivity index (χ3n) is 3.04. The number of nitrogens with zero attached hydrogens (tertiary/aromatic N) is 2. The van der Waals surface area contributed by atoms with E-state index in [-0.39, 0.29) is 12.1 Å². The number of imidazole rings is 1. The molecule has 3 aromatic rings. The van der Waals surface area contributed by atoms with Crippen LogP contribution in [-0.2, 0) is 6.54 Å². The third-order valence-corrected chi connectivity index (χ3v) is 3.04. The van der Waals surface area contributed by atoms with Crippen molar-refractivity contribution in [3.05, 3.63) is 53.7 Å². The minimum absolute atomic E-state index is 0.222. The number of carbonyl (C=O) groups is 1. The zero-order chi connectivity index (χ0) is 15.0. The summed E-state index contributed by atoms with van der Waals surface area (Å²) >= 11 is 0. The molecule has 1 aromatic carbocycles. The number of aromatic nitrogens is 2. The Kier molecular flexibility index (Phi) is 3.15. The molecular weight excluding hydrogens is 282 g/mol. The third kappa shape index (κ3) is 2.36. The summed E-state index contributed by atoms with van der Waals surface area (Å²) in [7, 11) is 0. The Morgan fingerprint density at radius 2 is 2.10 bits per heavy atom. The molecular formula is C13H10F2N4O2. The van der Waals surface area contributed by atoms with E-state index >= 15 is 0 Å². The minimum Gasteiger partial charge on any atom is -0.467 e. The molecule has 1 amide bonds. The zero-order valence-electron chi connectivity index (χ0n) is 10.6. The van der Waals surface area contributed by atoms with E-state index in [4.69, 9.17) is 10.3 Å². The number of rotatable bonds is 3. The normalized spacial score (nSPS) is 11.0. The predicted octanol–water partition coefficient (Wildman–Crippen LogP) is 1.56. The molecule has 0 aliphatic heterocycles. The molecule has 0 fully saturated rings. The van der Waals surface area contributed by atoms with Crippen LogP contribution in [0.15, 0.2) is 35.2 Å². The molecule has 0 radical (unpaired) electrons. The number of fused-ring (bicyclic) bond motifs is 1. The van der Waals surface area contributed by atoms with Crippen molar-refractivity contribution in [3.8, 4) is 0 Å². The lowest BCUT2D eigenvalue weighted by Crippen LogP contribution is -2.29. The van der Waals surface area contributed by atoms with Gasteiger partial charge in [0.15, 0.2) is 11.6 Å². The number of carbonyl (C=O) groups excluding carboxylic acids is 1. The number of nitrogens with one attached hydrogen (secondary N) is 1. The van der Waals surface area contributed by atoms with Crippen molar-refractivity contribution in [2.24, 2.45) is 5.84 Å². The standard InChI is InChI=1S/C13H10F2N4O2/c14-9-2-11-12(3-10(9)15)19(6-17-11)4-8-1-7(5-21-8)13(20)18-16/h1-3,5-6H,4,16H2,(H,18,20). The Labute approximate surface area is 117 Å². The van der Waals surface area contributed by atoms with Gasteiger partial charge in [-0.3, -0.25) is 10.2 Å². The number of nitrogens with two attached hydrogens (primary N) is 1. The second-order valence-corrected chi connectivity index (χ2v) is 4.40. The van der Waals surface area contributed by atoms with E-state index in [1.54, 1.807) is 4.57 Å². The fourth-order valence-electron chi connectivity index (χ4n) is 2.01. The largest absolute Gasteiger partial charge is 0.467 e. The molecule has 2 aromatic heterocycles. The molecule has 2 heterocycles. The van der Waals surface area contributed by atoms with Crippen LogP contribution in [0.2, 0.25) is 0 Å². The first-order chi connectivity index (χ1) is 10.1. The maximum atomic E-state index is 13.3. The SMILES string of the molecule is NNC(=O)c1coc(Cn2cnc3cc(F)c(F)cc32)c1. The molecule has 0 saturated heterocycles. The summed E-state index contributed by atoms with van der Waals surface area (Å²) in [4.78, 5) is 15.3. The number of halogens is 2. The van der Waals surface area contributed by atoms with E-state index in [0.717, 1.165) is 12.1 Å². The Morgan fingerprint density at radius 1 is 1.33 bits per heavy atom. The molecule has 0 atom stereocenters. The van der Waals surface area contributed by atoms with Gasteiger partial charge in [-0.2, -0.15) is 0 Å². The van der Waals surface area contributed by atoms with Gasteiger partial charge >= 0.3 is 0 Å². The van der Waals surface area contributed by atoms with Gasteiger partial charge in [-0.05, 0) is 6.07 Å². The fourth-order valence-corrected chi connectivity index (χ4v) is 2.01. The average molecular weight is 292 g/mol. The van der Waals surface area contributed by atoms with E-state index in [1.165, 1.54) is 18.7 Å². The number of hydrogen-bond acceptors (Lipinski definition) is 4. The van der Waals surface area contributed by atoms with Crippen LogP contribution in [0.25, 0.3) is 11.0 Å². The summed E-state index contributed by atoms with van der Waals surface area (Å²) < 4.78 is 33.2. The van der Waals surface area contributed by atoms with Crippen LogP contribution in [0.5, 0.6) is 0 Å². The van der Waals surface area contributed by atoms with Gasteiger partial charge in [0, 0.05) is 12.1 Å². The van der Waals surface area contributed by atoms with Gasteiger partial charge in [-0.15, -0.1) is 0 Å². The van der Waals surface area contributed by atoms with Crippen LogP contribution in [0, 0.1) is 11.6 Å². The quantitative estimate of drug-likeness (QED) is 0.436. The molecule has 0 aliphatic rings. The molecule has 6 nitrogen and oxygen atoms in total. The van der Waals surface area contributed by atoms with E-state index in [0.29, 0.717) is 16.8 Å². The summed E-state index contributed by atoms with van der Waals surface area (Å²) in [6.45, 7) is 0.222. The highest BCUT2D eigenvalue weighted by Gasteiger charge is 2.12. The Hall–Kier alpha value is -2.74. The summed E-state index contributed by atoms with van der Waals surface area (Å²) in [6, 6.07) is 3.60. The number of nitrogen functional groups attached to an aromatic ring is 1. The first-order valence-corrected chi connectivity index (χ1v) is 5.96. The Bertz CT molecular complexity index is 825. The smallest absolute Gasteiger partial charge is 0.268 e. The Balaban J connectivity index is 1.93. The van der Waals surface area contributed by atoms with Gasteiger partial charge in [-0.25, -0.2) is 19.6 Å². The van der Waals surface area contributed by atoms with Crippen LogP contribution in [0.1, 0.15) is 16.1 Å². The van der Waals surface area contributed by atoms with Crippen molar-refractivity contribution in [1.29, 1.82) is 0 Å². The second-order valence-electron chi connectivity index (χ2n) is 4.40. The zero-order valence-corrected chi connectivity index (χ0v) is 10.6. The second kappa shape index (κ2) is 4.98. The lowest BCUT2D eigenvalue weighted by atomic mass is 10.2. The van der Waals surface area contributed by atoms with Gasteiger partial charge in [0.2, 0.25) is 0 Å². The monoisotopic (exact) mass is 292 g/mol. The van der Waals surface area contributed by atoms with Crippen LogP contribution in [-0.4, -0.2) is 15.5 Å². The van der Waals surface area contributed by atoms with Crippen molar-refractivity contribution in [2.75, 3.05) is 0 Å². The number of hydrazine groups is 1. The molecule has 0 saturated carbocycles. The highest BCUT2D eigenvalue weighted by atomic mass is 19.2. The molecule has 3 N–H and O–H groups in total. The molecule has 3 rings (SSSR count). The minimum atomic E-state index is -0.952. The van der Waals surface area contributed by atoms with Crippen LogP contribution >= 0.6 is 0 Å². The van der Waals surface area contributed by atoms with Crippen LogP contribution < -0.4 is 11.3 Å². The Morgan fingerprint density at radius 3 is 2.86 bits per heavy atom. The van der Waals surface area contributed by atoms with E-state index in [1.807, 2.05) is 5.43 Å². The molecule has 108 valence electrons. The molecule has 8 heteroatoms. The maximum Gasteiger partial charge on any atom is 0.268 e.